The van der Waals surface area contributed by atoms with Gasteiger partial charge in [0.25, 0.3) is 0 Å². The third-order valence-electron chi connectivity index (χ3n) is 3.37. The second-order valence-electron chi connectivity index (χ2n) is 5.17. The minimum atomic E-state index is 0.0804. The molecule has 0 fully saturated rings. The number of halogens is 1. The molecule has 0 aliphatic rings. The maximum Gasteiger partial charge on any atom is 0.173 e. The Bertz CT molecular complexity index is 833. The molecule has 0 atom stereocenters. The first-order valence-corrected chi connectivity index (χ1v) is 7.98. The minimum absolute atomic E-state index is 0.0804. The molecule has 0 unspecified atom stereocenters. The van der Waals surface area contributed by atoms with Gasteiger partial charge in [-0.25, -0.2) is 0 Å². The van der Waals surface area contributed by atoms with Gasteiger partial charge in [0.15, 0.2) is 5.75 Å². The number of aromatic nitrogens is 2. The van der Waals surface area contributed by atoms with Gasteiger partial charge in [-0.2, -0.15) is 5.10 Å². The van der Waals surface area contributed by atoms with Gasteiger partial charge in [0.2, 0.25) is 0 Å². The van der Waals surface area contributed by atoms with E-state index in [2.05, 4.69) is 10.2 Å². The second kappa shape index (κ2) is 7.27. The first-order chi connectivity index (χ1) is 11.7. The van der Waals surface area contributed by atoms with Crippen LogP contribution in [0.3, 0.4) is 0 Å². The highest BCUT2D eigenvalue weighted by Gasteiger charge is 2.15. The Hall–Kier alpha value is -2.66. The van der Waals surface area contributed by atoms with Crippen LogP contribution in [-0.4, -0.2) is 21.9 Å². The summed E-state index contributed by atoms with van der Waals surface area (Å²) in [5.74, 6) is 1.69. The van der Waals surface area contributed by atoms with Crippen LogP contribution in [0.25, 0.3) is 11.3 Å². The van der Waals surface area contributed by atoms with E-state index in [1.807, 2.05) is 19.1 Å². The van der Waals surface area contributed by atoms with Gasteiger partial charge in [0.05, 0.1) is 17.8 Å². The molecule has 2 N–H and O–H groups in total. The number of hydrogen-bond donors (Lipinski definition) is 2. The number of phenols is 1. The first-order valence-electron chi connectivity index (χ1n) is 7.61. The second-order valence-corrected chi connectivity index (χ2v) is 5.58. The lowest BCUT2D eigenvalue weighted by molar-refractivity contribution is 0.315. The predicted octanol–water partition coefficient (Wildman–Crippen LogP) is 5.02. The van der Waals surface area contributed by atoms with Crippen molar-refractivity contribution < 1.29 is 14.6 Å². The van der Waals surface area contributed by atoms with Crippen LogP contribution < -0.4 is 9.47 Å². The smallest absolute Gasteiger partial charge is 0.173 e. The SMILES string of the molecule is CCCOc1ccc(-c2[nH]ncc2Oc2ccccc2Cl)c(O)c1. The molecule has 3 aromatic rings. The van der Waals surface area contributed by atoms with Crippen LogP contribution in [0.2, 0.25) is 5.02 Å². The van der Waals surface area contributed by atoms with Crippen molar-refractivity contribution in [2.75, 3.05) is 6.61 Å². The fourth-order valence-electron chi connectivity index (χ4n) is 2.22. The molecular weight excluding hydrogens is 328 g/mol. The molecule has 0 spiro atoms. The van der Waals surface area contributed by atoms with Crippen molar-refractivity contribution >= 4 is 11.6 Å². The van der Waals surface area contributed by atoms with E-state index in [9.17, 15) is 5.11 Å². The molecular formula is C18H17ClN2O3. The summed E-state index contributed by atoms with van der Waals surface area (Å²) in [4.78, 5) is 0. The van der Waals surface area contributed by atoms with Crippen molar-refractivity contribution in [2.24, 2.45) is 0 Å². The lowest BCUT2D eigenvalue weighted by atomic mass is 10.1. The number of para-hydroxylation sites is 1. The van der Waals surface area contributed by atoms with E-state index in [-0.39, 0.29) is 5.75 Å². The average molecular weight is 345 g/mol. The Balaban J connectivity index is 1.89. The molecule has 0 aliphatic heterocycles. The van der Waals surface area contributed by atoms with E-state index in [1.165, 1.54) is 0 Å². The van der Waals surface area contributed by atoms with Crippen LogP contribution in [0.1, 0.15) is 13.3 Å². The molecule has 2 aromatic carbocycles. The van der Waals surface area contributed by atoms with E-state index in [0.717, 1.165) is 6.42 Å². The third-order valence-corrected chi connectivity index (χ3v) is 3.68. The molecule has 24 heavy (non-hydrogen) atoms. The minimum Gasteiger partial charge on any atom is -0.507 e. The summed E-state index contributed by atoms with van der Waals surface area (Å²) in [6.45, 7) is 2.63. The number of hydrogen-bond acceptors (Lipinski definition) is 4. The van der Waals surface area contributed by atoms with Gasteiger partial charge in [-0.05, 0) is 30.7 Å². The highest BCUT2D eigenvalue weighted by Crippen LogP contribution is 2.39. The average Bonchev–Trinajstić information content (AvgIpc) is 3.03. The Kier molecular flexibility index (Phi) is 4.91. The maximum absolute atomic E-state index is 10.3. The van der Waals surface area contributed by atoms with Crippen LogP contribution in [-0.2, 0) is 0 Å². The van der Waals surface area contributed by atoms with E-state index >= 15 is 0 Å². The van der Waals surface area contributed by atoms with Gasteiger partial charge < -0.3 is 14.6 Å². The quantitative estimate of drug-likeness (QED) is 0.659. The normalized spacial score (nSPS) is 10.6. The highest BCUT2D eigenvalue weighted by atomic mass is 35.5. The number of benzene rings is 2. The number of rotatable bonds is 6. The fraction of sp³-hybridized carbons (Fsp3) is 0.167. The first kappa shape index (κ1) is 16.2. The number of nitrogens with zero attached hydrogens (tertiary/aromatic N) is 1. The monoisotopic (exact) mass is 344 g/mol. The Morgan fingerprint density at radius 1 is 1.17 bits per heavy atom. The van der Waals surface area contributed by atoms with Gasteiger partial charge in [-0.15, -0.1) is 0 Å². The van der Waals surface area contributed by atoms with Gasteiger partial charge in [-0.1, -0.05) is 30.7 Å². The molecule has 0 radical (unpaired) electrons. The van der Waals surface area contributed by atoms with Gasteiger partial charge in [0, 0.05) is 11.6 Å². The van der Waals surface area contributed by atoms with E-state index in [4.69, 9.17) is 21.1 Å². The van der Waals surface area contributed by atoms with Gasteiger partial charge in [0.1, 0.15) is 22.9 Å². The molecule has 1 heterocycles. The summed E-state index contributed by atoms with van der Waals surface area (Å²) < 4.78 is 11.3. The molecule has 6 heteroatoms. The summed E-state index contributed by atoms with van der Waals surface area (Å²) in [5.41, 5.74) is 1.13. The molecule has 3 rings (SSSR count). The van der Waals surface area contributed by atoms with E-state index in [0.29, 0.717) is 40.1 Å². The summed E-state index contributed by atoms with van der Waals surface area (Å²) in [6, 6.07) is 12.3. The Labute approximate surface area is 144 Å². The summed E-state index contributed by atoms with van der Waals surface area (Å²) in [7, 11) is 0. The molecule has 124 valence electrons. The highest BCUT2D eigenvalue weighted by molar-refractivity contribution is 6.32. The largest absolute Gasteiger partial charge is 0.507 e. The van der Waals surface area contributed by atoms with Crippen molar-refractivity contribution in [1.82, 2.24) is 10.2 Å². The fourth-order valence-corrected chi connectivity index (χ4v) is 2.40. The topological polar surface area (TPSA) is 67.4 Å². The standard InChI is InChI=1S/C18H17ClN2O3/c1-2-9-23-12-7-8-13(15(22)10-12)18-17(11-20-21-18)24-16-6-4-3-5-14(16)19/h3-8,10-11,22H,2,9H2,1H3,(H,20,21). The third kappa shape index (κ3) is 3.46. The molecule has 0 saturated heterocycles. The Morgan fingerprint density at radius 3 is 2.75 bits per heavy atom. The number of nitrogens with one attached hydrogen (secondary N) is 1. The van der Waals surface area contributed by atoms with Crippen LogP contribution in [0.15, 0.2) is 48.7 Å². The predicted molar refractivity (Wildman–Crippen MR) is 93.0 cm³/mol. The Morgan fingerprint density at radius 2 is 2.00 bits per heavy atom. The van der Waals surface area contributed by atoms with Gasteiger partial charge >= 0.3 is 0 Å². The molecule has 0 saturated carbocycles. The lowest BCUT2D eigenvalue weighted by Crippen LogP contribution is -1.95. The van der Waals surface area contributed by atoms with Crippen molar-refractivity contribution in [3.05, 3.63) is 53.7 Å². The number of aromatic amines is 1. The molecule has 0 amide bonds. The zero-order valence-corrected chi connectivity index (χ0v) is 13.9. The van der Waals surface area contributed by atoms with E-state index < -0.39 is 0 Å². The van der Waals surface area contributed by atoms with Crippen LogP contribution in [0, 0.1) is 0 Å². The zero-order chi connectivity index (χ0) is 16.9. The molecule has 0 aliphatic carbocycles. The van der Waals surface area contributed by atoms with Crippen molar-refractivity contribution in [3.8, 4) is 34.3 Å². The molecule has 0 bridgehead atoms. The van der Waals surface area contributed by atoms with Crippen LogP contribution in [0.4, 0.5) is 0 Å². The molecule has 5 nitrogen and oxygen atoms in total. The van der Waals surface area contributed by atoms with Crippen LogP contribution in [0.5, 0.6) is 23.0 Å². The van der Waals surface area contributed by atoms with Crippen LogP contribution >= 0.6 is 11.6 Å². The van der Waals surface area contributed by atoms with E-state index in [1.54, 1.807) is 36.5 Å². The van der Waals surface area contributed by atoms with Gasteiger partial charge in [-0.3, -0.25) is 5.10 Å². The van der Waals surface area contributed by atoms with Crippen molar-refractivity contribution in [1.29, 1.82) is 0 Å². The number of aromatic hydroxyl groups is 1. The summed E-state index contributed by atoms with van der Waals surface area (Å²) in [6.07, 6.45) is 2.44. The summed E-state index contributed by atoms with van der Waals surface area (Å²) in [5, 5.41) is 17.6. The zero-order valence-electron chi connectivity index (χ0n) is 13.1. The summed E-state index contributed by atoms with van der Waals surface area (Å²) >= 11 is 6.12. The maximum atomic E-state index is 10.3. The molecule has 1 aromatic heterocycles. The number of phenolic OH excluding ortho intramolecular Hbond substituents is 1. The van der Waals surface area contributed by atoms with Crippen molar-refractivity contribution in [3.63, 3.8) is 0 Å². The van der Waals surface area contributed by atoms with Crippen molar-refractivity contribution in [2.45, 2.75) is 13.3 Å². The number of ether oxygens (including phenoxy) is 2. The number of H-pyrrole nitrogens is 1. The lowest BCUT2D eigenvalue weighted by Gasteiger charge is -2.10.